The van der Waals surface area contributed by atoms with Gasteiger partial charge in [-0.3, -0.25) is 9.59 Å². The number of carbonyl (C=O) groups is 2. The highest BCUT2D eigenvalue weighted by Crippen LogP contribution is 2.32. The Hall–Kier alpha value is -3.06. The van der Waals surface area contributed by atoms with Crippen LogP contribution in [0, 0.1) is 13.8 Å². The summed E-state index contributed by atoms with van der Waals surface area (Å²) in [4.78, 5) is 31.0. The monoisotopic (exact) mass is 423 g/mol. The molecule has 0 unspecified atom stereocenters. The highest BCUT2D eigenvalue weighted by molar-refractivity contribution is 7.15. The van der Waals surface area contributed by atoms with Gasteiger partial charge < -0.3 is 19.1 Å². The minimum atomic E-state index is -0.0309. The van der Waals surface area contributed by atoms with Gasteiger partial charge >= 0.3 is 0 Å². The maximum atomic E-state index is 13.4. The summed E-state index contributed by atoms with van der Waals surface area (Å²) in [5, 5.41) is 0.954. The first-order valence-electron chi connectivity index (χ1n) is 9.95. The van der Waals surface area contributed by atoms with Crippen molar-refractivity contribution in [3.05, 3.63) is 70.4 Å². The van der Waals surface area contributed by atoms with Crippen molar-refractivity contribution in [2.75, 3.05) is 33.3 Å². The van der Waals surface area contributed by atoms with Gasteiger partial charge in [-0.1, -0.05) is 6.07 Å². The molecule has 30 heavy (non-hydrogen) atoms. The Morgan fingerprint density at radius 1 is 0.933 bits per heavy atom. The number of thiophene rings is 1. The molecule has 1 aliphatic rings. The normalized spacial score (nSPS) is 14.1. The summed E-state index contributed by atoms with van der Waals surface area (Å²) in [6.45, 7) is 6.14. The predicted molar refractivity (Wildman–Crippen MR) is 118 cm³/mol. The number of nitrogens with zero attached hydrogens (tertiary/aromatic N) is 3. The highest BCUT2D eigenvalue weighted by atomic mass is 32.1. The second-order valence-corrected chi connectivity index (χ2v) is 8.57. The zero-order valence-corrected chi connectivity index (χ0v) is 18.2. The third kappa shape index (κ3) is 3.73. The average molecular weight is 424 g/mol. The maximum absolute atomic E-state index is 13.4. The molecule has 1 aromatic carbocycles. The maximum Gasteiger partial charge on any atom is 0.257 e. The standard InChI is InChI=1S/C23H25N3O3S/c1-16-17(2)30-23(26-9-4-5-10-26)20(16)22(28)25-13-11-24(12-14-25)21(27)18-7-6-8-19(15-18)29-3/h4-10,15H,11-14H2,1-3H3. The number of carbonyl (C=O) groups excluding carboxylic acids is 2. The predicted octanol–water partition coefficient (Wildman–Crippen LogP) is 3.76. The van der Waals surface area contributed by atoms with Gasteiger partial charge in [0, 0.05) is 49.0 Å². The van der Waals surface area contributed by atoms with Crippen LogP contribution in [-0.2, 0) is 0 Å². The van der Waals surface area contributed by atoms with Crippen LogP contribution in [0.15, 0.2) is 48.8 Å². The summed E-state index contributed by atoms with van der Waals surface area (Å²) in [6, 6.07) is 11.1. The highest BCUT2D eigenvalue weighted by Gasteiger charge is 2.29. The number of rotatable bonds is 4. The van der Waals surface area contributed by atoms with E-state index in [9.17, 15) is 9.59 Å². The van der Waals surface area contributed by atoms with Crippen molar-refractivity contribution in [2.45, 2.75) is 13.8 Å². The molecule has 1 fully saturated rings. The molecule has 0 radical (unpaired) electrons. The van der Waals surface area contributed by atoms with E-state index in [0.717, 1.165) is 21.0 Å². The number of aryl methyl sites for hydroxylation is 1. The first-order chi connectivity index (χ1) is 14.5. The first-order valence-corrected chi connectivity index (χ1v) is 10.8. The molecule has 0 bridgehead atoms. The van der Waals surface area contributed by atoms with Crippen molar-refractivity contribution in [3.8, 4) is 10.8 Å². The van der Waals surface area contributed by atoms with Crippen molar-refractivity contribution in [2.24, 2.45) is 0 Å². The van der Waals surface area contributed by atoms with Gasteiger partial charge in [0.2, 0.25) is 0 Å². The summed E-state index contributed by atoms with van der Waals surface area (Å²) in [7, 11) is 1.59. The zero-order chi connectivity index (χ0) is 21.3. The number of methoxy groups -OCH3 is 1. The molecule has 156 valence electrons. The number of piperazine rings is 1. The van der Waals surface area contributed by atoms with E-state index in [1.807, 2.05) is 53.0 Å². The summed E-state index contributed by atoms with van der Waals surface area (Å²) in [5.74, 6) is 0.668. The molecule has 4 rings (SSSR count). The van der Waals surface area contributed by atoms with Gasteiger partial charge in [-0.25, -0.2) is 0 Å². The number of aromatic nitrogens is 1. The molecule has 1 saturated heterocycles. The first kappa shape index (κ1) is 20.2. The molecule has 0 N–H and O–H groups in total. The van der Waals surface area contributed by atoms with Gasteiger partial charge in [-0.15, -0.1) is 11.3 Å². The van der Waals surface area contributed by atoms with Gasteiger partial charge in [-0.2, -0.15) is 0 Å². The fourth-order valence-corrected chi connectivity index (χ4v) is 4.84. The number of ether oxygens (including phenoxy) is 1. The zero-order valence-electron chi connectivity index (χ0n) is 17.4. The molecule has 7 heteroatoms. The lowest BCUT2D eigenvalue weighted by molar-refractivity contribution is 0.0535. The van der Waals surface area contributed by atoms with Crippen LogP contribution >= 0.6 is 11.3 Å². The van der Waals surface area contributed by atoms with Crippen molar-refractivity contribution in [1.82, 2.24) is 14.4 Å². The van der Waals surface area contributed by atoms with Crippen LogP contribution in [0.5, 0.6) is 5.75 Å². The molecular formula is C23H25N3O3S. The second kappa shape index (κ2) is 8.36. The van der Waals surface area contributed by atoms with Crippen LogP contribution in [0.3, 0.4) is 0 Å². The molecule has 6 nitrogen and oxygen atoms in total. The molecule has 0 atom stereocenters. The molecule has 1 aliphatic heterocycles. The van der Waals surface area contributed by atoms with Gasteiger partial charge in [0.25, 0.3) is 11.8 Å². The fraction of sp³-hybridized carbons (Fsp3) is 0.304. The quantitative estimate of drug-likeness (QED) is 0.642. The summed E-state index contributed by atoms with van der Waals surface area (Å²) in [5.41, 5.74) is 2.40. The minimum absolute atomic E-state index is 0.0309. The summed E-state index contributed by atoms with van der Waals surface area (Å²) in [6.07, 6.45) is 3.93. The number of hydrogen-bond donors (Lipinski definition) is 0. The lowest BCUT2D eigenvalue weighted by atomic mass is 10.1. The van der Waals surface area contributed by atoms with Crippen LogP contribution < -0.4 is 4.74 Å². The smallest absolute Gasteiger partial charge is 0.257 e. The Kier molecular flexibility index (Phi) is 5.63. The van der Waals surface area contributed by atoms with E-state index >= 15 is 0 Å². The van der Waals surface area contributed by atoms with Crippen molar-refractivity contribution < 1.29 is 14.3 Å². The molecular weight excluding hydrogens is 398 g/mol. The minimum Gasteiger partial charge on any atom is -0.497 e. The van der Waals surface area contributed by atoms with Crippen LogP contribution in [0.2, 0.25) is 0 Å². The Bertz CT molecular complexity index is 1060. The lowest BCUT2D eigenvalue weighted by Gasteiger charge is -2.35. The van der Waals surface area contributed by atoms with E-state index in [1.165, 1.54) is 0 Å². The largest absolute Gasteiger partial charge is 0.497 e. The molecule has 0 saturated carbocycles. The third-order valence-electron chi connectivity index (χ3n) is 5.59. The average Bonchev–Trinajstić information content (AvgIpc) is 3.41. The number of benzene rings is 1. The molecule has 2 aromatic heterocycles. The van der Waals surface area contributed by atoms with Gasteiger partial charge in [0.15, 0.2) is 0 Å². The van der Waals surface area contributed by atoms with Crippen molar-refractivity contribution >= 4 is 23.2 Å². The Morgan fingerprint density at radius 2 is 1.57 bits per heavy atom. The Balaban J connectivity index is 1.48. The van der Waals surface area contributed by atoms with Crippen LogP contribution in [0.1, 0.15) is 31.2 Å². The van der Waals surface area contributed by atoms with Crippen LogP contribution in [-0.4, -0.2) is 59.5 Å². The second-order valence-electron chi connectivity index (χ2n) is 7.37. The van der Waals surface area contributed by atoms with E-state index in [2.05, 4.69) is 6.92 Å². The van der Waals surface area contributed by atoms with Gasteiger partial charge in [0.05, 0.1) is 12.7 Å². The van der Waals surface area contributed by atoms with E-state index in [1.54, 1.807) is 35.5 Å². The van der Waals surface area contributed by atoms with Crippen LogP contribution in [0.25, 0.3) is 5.00 Å². The topological polar surface area (TPSA) is 54.8 Å². The molecule has 3 aromatic rings. The molecule has 2 amide bonds. The molecule has 3 heterocycles. The molecule has 0 spiro atoms. The van der Waals surface area contributed by atoms with E-state index in [4.69, 9.17) is 4.74 Å². The van der Waals surface area contributed by atoms with Crippen molar-refractivity contribution in [3.63, 3.8) is 0 Å². The lowest BCUT2D eigenvalue weighted by Crippen LogP contribution is -2.50. The number of hydrogen-bond acceptors (Lipinski definition) is 4. The van der Waals surface area contributed by atoms with Gasteiger partial charge in [0.1, 0.15) is 10.8 Å². The van der Waals surface area contributed by atoms with Crippen molar-refractivity contribution in [1.29, 1.82) is 0 Å². The van der Waals surface area contributed by atoms with E-state index in [-0.39, 0.29) is 11.8 Å². The van der Waals surface area contributed by atoms with E-state index in [0.29, 0.717) is 37.5 Å². The summed E-state index contributed by atoms with van der Waals surface area (Å²) >= 11 is 1.64. The fourth-order valence-electron chi connectivity index (χ4n) is 3.72. The Labute approximate surface area is 180 Å². The SMILES string of the molecule is COc1cccc(C(=O)N2CCN(C(=O)c3c(-n4cccc4)sc(C)c3C)CC2)c1. The van der Waals surface area contributed by atoms with Gasteiger partial charge in [-0.05, 0) is 49.7 Å². The summed E-state index contributed by atoms with van der Waals surface area (Å²) < 4.78 is 7.22. The number of amides is 2. The van der Waals surface area contributed by atoms with Crippen LogP contribution in [0.4, 0.5) is 0 Å². The van der Waals surface area contributed by atoms with E-state index < -0.39 is 0 Å². The molecule has 0 aliphatic carbocycles. The Morgan fingerprint density at radius 3 is 2.20 bits per heavy atom. The third-order valence-corrected chi connectivity index (χ3v) is 6.81.